The summed E-state index contributed by atoms with van der Waals surface area (Å²) in [6.45, 7) is 3.70. The maximum Gasteiger partial charge on any atom is 0.155 e. The van der Waals surface area contributed by atoms with E-state index in [9.17, 15) is 5.11 Å². The summed E-state index contributed by atoms with van der Waals surface area (Å²) >= 11 is 0. The smallest absolute Gasteiger partial charge is 0.155 e. The topological polar surface area (TPSA) is 100 Å². The highest BCUT2D eigenvalue weighted by Crippen LogP contribution is 2.21. The van der Waals surface area contributed by atoms with E-state index >= 15 is 0 Å². The van der Waals surface area contributed by atoms with Crippen molar-refractivity contribution in [3.8, 4) is 11.4 Å². The number of piperidine rings is 1. The zero-order chi connectivity index (χ0) is 17.2. The molecule has 0 aliphatic carbocycles. The van der Waals surface area contributed by atoms with Gasteiger partial charge in [-0.3, -0.25) is 14.4 Å². The number of imidazole rings is 1. The van der Waals surface area contributed by atoms with Gasteiger partial charge >= 0.3 is 0 Å². The van der Waals surface area contributed by atoms with Gasteiger partial charge in [0.05, 0.1) is 42.3 Å². The van der Waals surface area contributed by atoms with Crippen molar-refractivity contribution in [3.63, 3.8) is 0 Å². The summed E-state index contributed by atoms with van der Waals surface area (Å²) in [5.74, 6) is 0.756. The number of aliphatic hydroxyl groups excluding tert-OH is 1. The molecule has 0 bridgehead atoms. The molecule has 3 aromatic rings. The van der Waals surface area contributed by atoms with Crippen LogP contribution in [-0.2, 0) is 0 Å². The van der Waals surface area contributed by atoms with Crippen LogP contribution in [0.3, 0.4) is 0 Å². The highest BCUT2D eigenvalue weighted by atomic mass is 16.3. The molecular weight excluding hydrogens is 318 g/mol. The number of aromatic nitrogens is 5. The Kier molecular flexibility index (Phi) is 4.29. The second-order valence-corrected chi connectivity index (χ2v) is 6.34. The Morgan fingerprint density at radius 3 is 3.00 bits per heavy atom. The Bertz CT molecular complexity index is 870. The van der Waals surface area contributed by atoms with Crippen LogP contribution in [-0.4, -0.2) is 48.6 Å². The lowest BCUT2D eigenvalue weighted by Gasteiger charge is -2.24. The number of aliphatic hydroxyl groups is 1. The highest BCUT2D eigenvalue weighted by Gasteiger charge is 2.15. The summed E-state index contributed by atoms with van der Waals surface area (Å²) < 4.78 is 1.88. The van der Waals surface area contributed by atoms with Crippen LogP contribution in [0.15, 0.2) is 31.0 Å². The summed E-state index contributed by atoms with van der Waals surface area (Å²) in [6, 6.07) is 0.367. The first kappa shape index (κ1) is 15.9. The number of fused-ring (bicyclic) bond motifs is 1. The zero-order valence-electron chi connectivity index (χ0n) is 14.1. The lowest BCUT2D eigenvalue weighted by Crippen LogP contribution is -2.38. The Labute approximate surface area is 145 Å². The number of rotatable bonds is 4. The Morgan fingerprint density at radius 1 is 1.28 bits per heavy atom. The summed E-state index contributed by atoms with van der Waals surface area (Å²) in [4.78, 5) is 17.6. The van der Waals surface area contributed by atoms with Gasteiger partial charge in [-0.1, -0.05) is 0 Å². The molecule has 8 heteroatoms. The molecule has 2 atom stereocenters. The fourth-order valence-corrected chi connectivity index (χ4v) is 3.05. The van der Waals surface area contributed by atoms with Gasteiger partial charge in [0.1, 0.15) is 11.5 Å². The van der Waals surface area contributed by atoms with Gasteiger partial charge in [0.15, 0.2) is 5.65 Å². The van der Waals surface area contributed by atoms with E-state index in [0.29, 0.717) is 17.4 Å². The maximum absolute atomic E-state index is 9.77. The normalized spacial score (nSPS) is 19.0. The molecule has 0 amide bonds. The molecule has 8 nitrogen and oxygen atoms in total. The Hall–Kier alpha value is -2.58. The fourth-order valence-electron chi connectivity index (χ4n) is 3.05. The summed E-state index contributed by atoms with van der Waals surface area (Å²) in [6.07, 6.45) is 10.3. The number of hydrogen-bond donors (Lipinski definition) is 3. The number of nitrogens with one attached hydrogen (secondary N) is 2. The van der Waals surface area contributed by atoms with Crippen LogP contribution >= 0.6 is 0 Å². The third-order valence-electron chi connectivity index (χ3n) is 4.39. The first-order chi connectivity index (χ1) is 12.2. The molecule has 0 radical (unpaired) electrons. The van der Waals surface area contributed by atoms with Gasteiger partial charge in [0.25, 0.3) is 0 Å². The molecule has 1 fully saturated rings. The van der Waals surface area contributed by atoms with Crippen molar-refractivity contribution in [1.82, 2.24) is 29.7 Å². The lowest BCUT2D eigenvalue weighted by molar-refractivity contribution is 0.194. The van der Waals surface area contributed by atoms with Crippen molar-refractivity contribution < 1.29 is 5.11 Å². The minimum absolute atomic E-state index is 0.367. The van der Waals surface area contributed by atoms with E-state index in [1.807, 2.05) is 4.40 Å². The van der Waals surface area contributed by atoms with Crippen molar-refractivity contribution in [2.75, 3.05) is 18.4 Å². The van der Waals surface area contributed by atoms with Crippen LogP contribution in [0.4, 0.5) is 5.82 Å². The molecule has 4 heterocycles. The molecule has 25 heavy (non-hydrogen) atoms. The maximum atomic E-state index is 9.77. The molecule has 1 aliphatic heterocycles. The monoisotopic (exact) mass is 339 g/mol. The Balaban J connectivity index is 1.66. The van der Waals surface area contributed by atoms with E-state index in [0.717, 1.165) is 43.1 Å². The van der Waals surface area contributed by atoms with Crippen LogP contribution in [0, 0.1) is 0 Å². The first-order valence-corrected chi connectivity index (χ1v) is 8.51. The predicted octanol–water partition coefficient (Wildman–Crippen LogP) is 1.40. The average molecular weight is 339 g/mol. The van der Waals surface area contributed by atoms with E-state index in [-0.39, 0.29) is 0 Å². The van der Waals surface area contributed by atoms with Gasteiger partial charge in [-0.15, -0.1) is 0 Å². The van der Waals surface area contributed by atoms with Crippen molar-refractivity contribution >= 4 is 11.5 Å². The van der Waals surface area contributed by atoms with Gasteiger partial charge < -0.3 is 15.7 Å². The first-order valence-electron chi connectivity index (χ1n) is 8.51. The van der Waals surface area contributed by atoms with Gasteiger partial charge in [-0.2, -0.15) is 0 Å². The van der Waals surface area contributed by atoms with Crippen molar-refractivity contribution in [2.45, 2.75) is 31.9 Å². The quantitative estimate of drug-likeness (QED) is 0.660. The van der Waals surface area contributed by atoms with Crippen molar-refractivity contribution in [1.29, 1.82) is 0 Å². The minimum Gasteiger partial charge on any atom is -0.387 e. The van der Waals surface area contributed by atoms with Crippen molar-refractivity contribution in [3.05, 3.63) is 36.7 Å². The zero-order valence-corrected chi connectivity index (χ0v) is 14.1. The van der Waals surface area contributed by atoms with E-state index in [2.05, 4.69) is 30.6 Å². The molecule has 0 saturated carbocycles. The van der Waals surface area contributed by atoms with Gasteiger partial charge in [0, 0.05) is 18.8 Å². The van der Waals surface area contributed by atoms with Crippen molar-refractivity contribution in [2.24, 2.45) is 0 Å². The summed E-state index contributed by atoms with van der Waals surface area (Å²) in [5.41, 5.74) is 2.83. The SMILES string of the molecule is C[C@@H](O)c1cn2c(-c3cncc(N[C@@H]4CCCNC4)n3)cnc2cn1. The second kappa shape index (κ2) is 6.73. The van der Waals surface area contributed by atoms with Gasteiger partial charge in [0.2, 0.25) is 0 Å². The molecular formula is C17H21N7O. The Morgan fingerprint density at radius 2 is 2.20 bits per heavy atom. The van der Waals surface area contributed by atoms with Crippen LogP contribution in [0.5, 0.6) is 0 Å². The molecule has 4 rings (SSSR count). The molecule has 0 unspecified atom stereocenters. The third-order valence-corrected chi connectivity index (χ3v) is 4.39. The van der Waals surface area contributed by atoms with E-state index < -0.39 is 6.10 Å². The van der Waals surface area contributed by atoms with E-state index in [1.165, 1.54) is 0 Å². The van der Waals surface area contributed by atoms with Gasteiger partial charge in [-0.25, -0.2) is 9.97 Å². The lowest BCUT2D eigenvalue weighted by atomic mass is 10.1. The summed E-state index contributed by atoms with van der Waals surface area (Å²) in [7, 11) is 0. The summed E-state index contributed by atoms with van der Waals surface area (Å²) in [5, 5.41) is 16.6. The molecule has 3 aromatic heterocycles. The molecule has 0 aromatic carbocycles. The molecule has 1 saturated heterocycles. The standard InChI is InChI=1S/C17H21N7O/c1-11(25)14-10-24-15(7-21-17(24)9-20-14)13-6-19-8-16(23-13)22-12-3-2-4-18-5-12/h6-12,18,25H,2-5H2,1H3,(H,22,23)/t11-,12-/m1/s1. The van der Waals surface area contributed by atoms with Crippen LogP contribution < -0.4 is 10.6 Å². The minimum atomic E-state index is -0.641. The third kappa shape index (κ3) is 3.31. The fraction of sp³-hybridized carbons (Fsp3) is 0.412. The molecule has 130 valence electrons. The molecule has 3 N–H and O–H groups in total. The predicted molar refractivity (Wildman–Crippen MR) is 94.2 cm³/mol. The highest BCUT2D eigenvalue weighted by molar-refractivity contribution is 5.60. The largest absolute Gasteiger partial charge is 0.387 e. The molecule has 1 aliphatic rings. The van der Waals surface area contributed by atoms with Crippen LogP contribution in [0.1, 0.15) is 31.6 Å². The number of nitrogens with zero attached hydrogens (tertiary/aromatic N) is 5. The van der Waals surface area contributed by atoms with Gasteiger partial charge in [-0.05, 0) is 26.3 Å². The van der Waals surface area contributed by atoms with E-state index in [4.69, 9.17) is 0 Å². The second-order valence-electron chi connectivity index (χ2n) is 6.34. The molecule has 0 spiro atoms. The number of anilines is 1. The van der Waals surface area contributed by atoms with E-state index in [1.54, 1.807) is 37.9 Å². The number of hydrogen-bond acceptors (Lipinski definition) is 7. The van der Waals surface area contributed by atoms with Crippen LogP contribution in [0.25, 0.3) is 17.0 Å². The van der Waals surface area contributed by atoms with Crippen LogP contribution in [0.2, 0.25) is 0 Å². The average Bonchev–Trinajstić information content (AvgIpc) is 3.06.